The van der Waals surface area contributed by atoms with Crippen molar-refractivity contribution in [2.75, 3.05) is 25.5 Å². The fraction of sp³-hybridized carbons (Fsp3) is 0.467. The van der Waals surface area contributed by atoms with Crippen LogP contribution in [-0.2, 0) is 11.2 Å². The molecule has 0 atom stereocenters. The Balaban J connectivity index is 1.95. The largest absolute Gasteiger partial charge is 0.396 e. The smallest absolute Gasteiger partial charge is 0.253 e. The Morgan fingerprint density at radius 2 is 2.15 bits per heavy atom. The van der Waals surface area contributed by atoms with Crippen LogP contribution in [0, 0.1) is 0 Å². The number of nitrogens with zero attached hydrogens (tertiary/aromatic N) is 1. The van der Waals surface area contributed by atoms with Gasteiger partial charge in [0.15, 0.2) is 0 Å². The zero-order chi connectivity index (χ0) is 14.5. The Kier molecular flexibility index (Phi) is 4.74. The summed E-state index contributed by atoms with van der Waals surface area (Å²) in [7, 11) is 1.78. The van der Waals surface area contributed by atoms with Gasteiger partial charge in [0.25, 0.3) is 5.91 Å². The molecule has 1 aliphatic heterocycles. The summed E-state index contributed by atoms with van der Waals surface area (Å²) in [5.74, 6) is -0.0573. The molecule has 0 bridgehead atoms. The second-order valence-corrected chi connectivity index (χ2v) is 5.11. The number of carbonyl (C=O) groups is 2. The Morgan fingerprint density at radius 1 is 1.35 bits per heavy atom. The van der Waals surface area contributed by atoms with Crippen molar-refractivity contribution in [2.45, 2.75) is 25.7 Å². The van der Waals surface area contributed by atoms with Crippen molar-refractivity contribution in [3.05, 3.63) is 29.3 Å². The van der Waals surface area contributed by atoms with Crippen molar-refractivity contribution >= 4 is 17.5 Å². The second-order valence-electron chi connectivity index (χ2n) is 5.11. The van der Waals surface area contributed by atoms with E-state index in [1.165, 1.54) is 0 Å². The standard InChI is InChI=1S/C15H20N2O3/c1-17(7-3-2-4-8-18)15(20)11-5-6-13-12(9-11)10-14(19)16-13/h5-6,9,18H,2-4,7-8,10H2,1H3,(H,16,19). The Morgan fingerprint density at radius 3 is 2.90 bits per heavy atom. The highest BCUT2D eigenvalue weighted by atomic mass is 16.3. The molecule has 108 valence electrons. The maximum Gasteiger partial charge on any atom is 0.253 e. The van der Waals surface area contributed by atoms with E-state index in [1.807, 2.05) is 0 Å². The molecule has 0 saturated carbocycles. The van der Waals surface area contributed by atoms with E-state index in [9.17, 15) is 9.59 Å². The summed E-state index contributed by atoms with van der Waals surface area (Å²) < 4.78 is 0. The van der Waals surface area contributed by atoms with Gasteiger partial charge in [0, 0.05) is 31.5 Å². The fourth-order valence-corrected chi connectivity index (χ4v) is 2.32. The highest BCUT2D eigenvalue weighted by molar-refractivity contribution is 6.01. The lowest BCUT2D eigenvalue weighted by Gasteiger charge is -2.17. The molecule has 0 fully saturated rings. The third-order valence-corrected chi connectivity index (χ3v) is 3.48. The minimum absolute atomic E-state index is 0.0260. The molecule has 0 unspecified atom stereocenters. The fourth-order valence-electron chi connectivity index (χ4n) is 2.32. The molecule has 1 aromatic rings. The van der Waals surface area contributed by atoms with Gasteiger partial charge < -0.3 is 15.3 Å². The quantitative estimate of drug-likeness (QED) is 0.772. The molecule has 2 N–H and O–H groups in total. The highest BCUT2D eigenvalue weighted by Crippen LogP contribution is 2.24. The number of aliphatic hydroxyl groups is 1. The van der Waals surface area contributed by atoms with Gasteiger partial charge in [-0.15, -0.1) is 0 Å². The molecule has 5 nitrogen and oxygen atoms in total. The van der Waals surface area contributed by atoms with Gasteiger partial charge in [0.1, 0.15) is 0 Å². The zero-order valence-corrected chi connectivity index (χ0v) is 11.7. The van der Waals surface area contributed by atoms with Gasteiger partial charge >= 0.3 is 0 Å². The average Bonchev–Trinajstić information content (AvgIpc) is 2.81. The Bertz CT molecular complexity index is 514. The number of amides is 2. The van der Waals surface area contributed by atoms with Crippen molar-refractivity contribution < 1.29 is 14.7 Å². The van der Waals surface area contributed by atoms with E-state index in [4.69, 9.17) is 5.11 Å². The minimum atomic E-state index is -0.0313. The van der Waals surface area contributed by atoms with Crippen LogP contribution in [0.4, 0.5) is 5.69 Å². The van der Waals surface area contributed by atoms with Crippen LogP contribution in [-0.4, -0.2) is 42.0 Å². The highest BCUT2D eigenvalue weighted by Gasteiger charge is 2.20. The van der Waals surface area contributed by atoms with Gasteiger partial charge in [0.2, 0.25) is 5.91 Å². The van der Waals surface area contributed by atoms with E-state index in [2.05, 4.69) is 5.32 Å². The summed E-state index contributed by atoms with van der Waals surface area (Å²) in [4.78, 5) is 25.2. The maximum absolute atomic E-state index is 12.3. The van der Waals surface area contributed by atoms with Crippen molar-refractivity contribution in [3.63, 3.8) is 0 Å². The van der Waals surface area contributed by atoms with E-state index in [0.29, 0.717) is 18.5 Å². The molecule has 0 aromatic heterocycles. The van der Waals surface area contributed by atoms with Crippen molar-refractivity contribution in [1.82, 2.24) is 4.90 Å². The molecule has 5 heteroatoms. The lowest BCUT2D eigenvalue weighted by atomic mass is 10.1. The predicted molar refractivity (Wildman–Crippen MR) is 76.7 cm³/mol. The minimum Gasteiger partial charge on any atom is -0.396 e. The van der Waals surface area contributed by atoms with E-state index in [1.54, 1.807) is 30.1 Å². The molecular formula is C15H20N2O3. The van der Waals surface area contributed by atoms with E-state index >= 15 is 0 Å². The molecule has 0 spiro atoms. The number of carbonyl (C=O) groups excluding carboxylic acids is 2. The molecule has 2 amide bonds. The monoisotopic (exact) mass is 276 g/mol. The van der Waals surface area contributed by atoms with E-state index in [-0.39, 0.29) is 18.4 Å². The first-order chi connectivity index (χ1) is 9.61. The molecule has 1 heterocycles. The topological polar surface area (TPSA) is 69.6 Å². The number of benzene rings is 1. The van der Waals surface area contributed by atoms with Crippen LogP contribution in [0.1, 0.15) is 35.2 Å². The first-order valence-electron chi connectivity index (χ1n) is 6.91. The number of aliphatic hydroxyl groups excluding tert-OH is 1. The van der Waals surface area contributed by atoms with Gasteiger partial charge in [-0.3, -0.25) is 9.59 Å². The van der Waals surface area contributed by atoms with Crippen molar-refractivity contribution in [2.24, 2.45) is 0 Å². The Hall–Kier alpha value is -1.88. The molecule has 20 heavy (non-hydrogen) atoms. The number of unbranched alkanes of at least 4 members (excludes halogenated alkanes) is 2. The number of rotatable bonds is 6. The van der Waals surface area contributed by atoms with Crippen LogP contribution >= 0.6 is 0 Å². The summed E-state index contributed by atoms with van der Waals surface area (Å²) in [6.45, 7) is 0.872. The first kappa shape index (κ1) is 14.5. The van der Waals surface area contributed by atoms with E-state index in [0.717, 1.165) is 30.5 Å². The van der Waals surface area contributed by atoms with Crippen LogP contribution in [0.2, 0.25) is 0 Å². The van der Waals surface area contributed by atoms with Gasteiger partial charge in [-0.1, -0.05) is 0 Å². The summed E-state index contributed by atoms with van der Waals surface area (Å²) in [6, 6.07) is 5.32. The summed E-state index contributed by atoms with van der Waals surface area (Å²) in [6.07, 6.45) is 2.91. The maximum atomic E-state index is 12.3. The van der Waals surface area contributed by atoms with Crippen LogP contribution in [0.5, 0.6) is 0 Å². The lowest BCUT2D eigenvalue weighted by Crippen LogP contribution is -2.27. The van der Waals surface area contributed by atoms with E-state index < -0.39 is 0 Å². The molecule has 0 saturated heterocycles. The van der Waals surface area contributed by atoms with Gasteiger partial charge in [-0.05, 0) is 43.0 Å². The number of nitrogens with one attached hydrogen (secondary N) is 1. The average molecular weight is 276 g/mol. The third-order valence-electron chi connectivity index (χ3n) is 3.48. The van der Waals surface area contributed by atoms with Crippen LogP contribution < -0.4 is 5.32 Å². The first-order valence-corrected chi connectivity index (χ1v) is 6.91. The number of anilines is 1. The Labute approximate surface area is 118 Å². The number of fused-ring (bicyclic) bond motifs is 1. The number of hydrogen-bond acceptors (Lipinski definition) is 3. The van der Waals surface area contributed by atoms with Crippen molar-refractivity contribution in [1.29, 1.82) is 0 Å². The second kappa shape index (κ2) is 6.52. The van der Waals surface area contributed by atoms with Crippen molar-refractivity contribution in [3.8, 4) is 0 Å². The molecular weight excluding hydrogens is 256 g/mol. The van der Waals surface area contributed by atoms with Gasteiger partial charge in [-0.2, -0.15) is 0 Å². The zero-order valence-electron chi connectivity index (χ0n) is 11.7. The molecule has 0 aliphatic carbocycles. The van der Waals surface area contributed by atoms with Gasteiger partial charge in [0.05, 0.1) is 6.42 Å². The van der Waals surface area contributed by atoms with Crippen LogP contribution in [0.15, 0.2) is 18.2 Å². The number of hydrogen-bond donors (Lipinski definition) is 2. The van der Waals surface area contributed by atoms with Crippen LogP contribution in [0.25, 0.3) is 0 Å². The summed E-state index contributed by atoms with van der Waals surface area (Å²) in [5.41, 5.74) is 2.30. The third kappa shape index (κ3) is 3.36. The lowest BCUT2D eigenvalue weighted by molar-refractivity contribution is -0.115. The molecule has 0 radical (unpaired) electrons. The normalized spacial score (nSPS) is 13.0. The SMILES string of the molecule is CN(CCCCCO)C(=O)c1ccc2c(c1)CC(=O)N2. The van der Waals surface area contributed by atoms with Crippen LogP contribution in [0.3, 0.4) is 0 Å². The summed E-state index contributed by atoms with van der Waals surface area (Å²) in [5, 5.41) is 11.5. The molecule has 1 aliphatic rings. The molecule has 1 aromatic carbocycles. The summed E-state index contributed by atoms with van der Waals surface area (Å²) >= 11 is 0. The van der Waals surface area contributed by atoms with Gasteiger partial charge in [-0.25, -0.2) is 0 Å². The predicted octanol–water partition coefficient (Wildman–Crippen LogP) is 1.42. The molecule has 2 rings (SSSR count).